The topological polar surface area (TPSA) is 12.0 Å². The van der Waals surface area contributed by atoms with Crippen LogP contribution in [-0.2, 0) is 0 Å². The van der Waals surface area contributed by atoms with E-state index in [9.17, 15) is 0 Å². The summed E-state index contributed by atoms with van der Waals surface area (Å²) in [6, 6.07) is 1.55. The van der Waals surface area contributed by atoms with Gasteiger partial charge in [-0.1, -0.05) is 46.0 Å². The molecule has 3 atom stereocenters. The number of nitrogens with one attached hydrogen (secondary N) is 1. The van der Waals surface area contributed by atoms with E-state index in [-0.39, 0.29) is 0 Å². The van der Waals surface area contributed by atoms with Crippen LogP contribution >= 0.6 is 0 Å². The zero-order chi connectivity index (χ0) is 13.0. The molecule has 0 bridgehead atoms. The minimum atomic E-state index is 0.745. The van der Waals surface area contributed by atoms with Gasteiger partial charge < -0.3 is 5.32 Å². The molecule has 2 saturated carbocycles. The van der Waals surface area contributed by atoms with Crippen molar-refractivity contribution in [2.75, 3.05) is 0 Å². The molecular formula is C17H33N. The normalized spacial score (nSPS) is 32.7. The van der Waals surface area contributed by atoms with E-state index in [2.05, 4.69) is 26.1 Å². The van der Waals surface area contributed by atoms with Gasteiger partial charge in [-0.2, -0.15) is 0 Å². The van der Waals surface area contributed by atoms with Gasteiger partial charge >= 0.3 is 0 Å². The van der Waals surface area contributed by atoms with Gasteiger partial charge in [0.1, 0.15) is 0 Å². The van der Waals surface area contributed by atoms with Crippen molar-refractivity contribution in [1.29, 1.82) is 0 Å². The van der Waals surface area contributed by atoms with Crippen LogP contribution in [0.3, 0.4) is 0 Å². The second kappa shape index (κ2) is 6.93. The van der Waals surface area contributed by atoms with Crippen LogP contribution in [0.5, 0.6) is 0 Å². The van der Waals surface area contributed by atoms with Crippen molar-refractivity contribution in [1.82, 2.24) is 5.32 Å². The van der Waals surface area contributed by atoms with E-state index in [4.69, 9.17) is 0 Å². The lowest BCUT2D eigenvalue weighted by molar-refractivity contribution is 0.168. The maximum atomic E-state index is 4.02. The first kappa shape index (κ1) is 14.4. The van der Waals surface area contributed by atoms with Crippen LogP contribution in [0, 0.1) is 17.8 Å². The maximum absolute atomic E-state index is 4.02. The Balaban J connectivity index is 1.85. The smallest absolute Gasteiger partial charge is 0.0100 e. The Kier molecular flexibility index (Phi) is 5.54. The molecule has 0 aromatic carbocycles. The van der Waals surface area contributed by atoms with Crippen LogP contribution in [0.2, 0.25) is 0 Å². The average Bonchev–Trinajstić information content (AvgIpc) is 2.40. The van der Waals surface area contributed by atoms with E-state index in [1.807, 2.05) is 0 Å². The molecule has 1 nitrogen and oxygen atoms in total. The molecule has 3 unspecified atom stereocenters. The second-order valence-electron chi connectivity index (χ2n) is 7.15. The van der Waals surface area contributed by atoms with Crippen molar-refractivity contribution in [3.63, 3.8) is 0 Å². The molecule has 0 saturated heterocycles. The molecule has 2 aliphatic rings. The Morgan fingerprint density at radius 2 is 1.39 bits per heavy atom. The highest BCUT2D eigenvalue weighted by Crippen LogP contribution is 2.32. The highest BCUT2D eigenvalue weighted by atomic mass is 15.0. The SMILES string of the molecule is CC(C)C1CCCCC1NC(C)C1CCCCC1. The summed E-state index contributed by atoms with van der Waals surface area (Å²) in [5.74, 6) is 2.72. The predicted octanol–water partition coefficient (Wildman–Crippen LogP) is 4.76. The standard InChI is InChI=1S/C17H33N/c1-13(2)16-11-7-8-12-17(16)18-14(3)15-9-5-4-6-10-15/h13-18H,4-12H2,1-3H3. The van der Waals surface area contributed by atoms with Gasteiger partial charge in [0.2, 0.25) is 0 Å². The molecule has 2 rings (SSSR count). The van der Waals surface area contributed by atoms with E-state index in [1.165, 1.54) is 57.8 Å². The van der Waals surface area contributed by atoms with Crippen molar-refractivity contribution >= 4 is 0 Å². The highest BCUT2D eigenvalue weighted by Gasteiger charge is 2.30. The monoisotopic (exact) mass is 251 g/mol. The molecular weight excluding hydrogens is 218 g/mol. The Morgan fingerprint density at radius 1 is 0.778 bits per heavy atom. The summed E-state index contributed by atoms with van der Waals surface area (Å²) in [5, 5.41) is 4.02. The minimum Gasteiger partial charge on any atom is -0.311 e. The molecule has 106 valence electrons. The van der Waals surface area contributed by atoms with Gasteiger partial charge in [-0.15, -0.1) is 0 Å². The summed E-state index contributed by atoms with van der Waals surface area (Å²) in [7, 11) is 0. The van der Waals surface area contributed by atoms with Crippen LogP contribution in [0.15, 0.2) is 0 Å². The second-order valence-corrected chi connectivity index (χ2v) is 7.15. The molecule has 0 spiro atoms. The van der Waals surface area contributed by atoms with Crippen LogP contribution in [0.25, 0.3) is 0 Å². The third kappa shape index (κ3) is 3.73. The number of rotatable bonds is 4. The van der Waals surface area contributed by atoms with Gasteiger partial charge in [-0.3, -0.25) is 0 Å². The lowest BCUT2D eigenvalue weighted by Crippen LogP contribution is -2.47. The van der Waals surface area contributed by atoms with Gasteiger partial charge in [-0.05, 0) is 50.4 Å². The molecule has 18 heavy (non-hydrogen) atoms. The first-order chi connectivity index (χ1) is 8.68. The molecule has 0 amide bonds. The third-order valence-electron chi connectivity index (χ3n) is 5.51. The van der Waals surface area contributed by atoms with Gasteiger partial charge in [-0.25, -0.2) is 0 Å². The first-order valence-corrected chi connectivity index (χ1v) is 8.44. The summed E-state index contributed by atoms with van der Waals surface area (Å²) in [6.07, 6.45) is 13.1. The van der Waals surface area contributed by atoms with E-state index in [1.54, 1.807) is 0 Å². The molecule has 0 heterocycles. The average molecular weight is 251 g/mol. The highest BCUT2D eigenvalue weighted by molar-refractivity contribution is 4.87. The van der Waals surface area contributed by atoms with Gasteiger partial charge in [0.15, 0.2) is 0 Å². The molecule has 0 aromatic heterocycles. The quantitative estimate of drug-likeness (QED) is 0.759. The molecule has 0 aliphatic heterocycles. The Labute approximate surface area is 114 Å². The summed E-state index contributed by atoms with van der Waals surface area (Å²) in [6.45, 7) is 7.27. The number of hydrogen-bond acceptors (Lipinski definition) is 1. The molecule has 1 N–H and O–H groups in total. The lowest BCUT2D eigenvalue weighted by atomic mass is 9.76. The first-order valence-electron chi connectivity index (χ1n) is 8.44. The summed E-state index contributed by atoms with van der Waals surface area (Å²) in [5.41, 5.74) is 0. The van der Waals surface area contributed by atoms with Gasteiger partial charge in [0.05, 0.1) is 0 Å². The Hall–Kier alpha value is -0.0400. The van der Waals surface area contributed by atoms with E-state index < -0.39 is 0 Å². The fourth-order valence-electron chi connectivity index (χ4n) is 4.27. The lowest BCUT2D eigenvalue weighted by Gasteiger charge is -2.39. The van der Waals surface area contributed by atoms with Gasteiger partial charge in [0.25, 0.3) is 0 Å². The van der Waals surface area contributed by atoms with Crippen LogP contribution in [0.1, 0.15) is 78.6 Å². The maximum Gasteiger partial charge on any atom is 0.0100 e. The fourth-order valence-corrected chi connectivity index (χ4v) is 4.27. The minimum absolute atomic E-state index is 0.745. The fraction of sp³-hybridized carbons (Fsp3) is 1.00. The van der Waals surface area contributed by atoms with Crippen molar-refractivity contribution in [3.8, 4) is 0 Å². The summed E-state index contributed by atoms with van der Waals surface area (Å²) >= 11 is 0. The zero-order valence-corrected chi connectivity index (χ0v) is 12.8. The summed E-state index contributed by atoms with van der Waals surface area (Å²) in [4.78, 5) is 0. The van der Waals surface area contributed by atoms with E-state index in [0.29, 0.717) is 0 Å². The Morgan fingerprint density at radius 3 is 2.06 bits per heavy atom. The van der Waals surface area contributed by atoms with Crippen molar-refractivity contribution in [2.45, 2.75) is 90.6 Å². The summed E-state index contributed by atoms with van der Waals surface area (Å²) < 4.78 is 0. The molecule has 0 radical (unpaired) electrons. The molecule has 2 aliphatic carbocycles. The van der Waals surface area contributed by atoms with Crippen LogP contribution in [-0.4, -0.2) is 12.1 Å². The molecule has 0 aromatic rings. The van der Waals surface area contributed by atoms with Crippen LogP contribution in [0.4, 0.5) is 0 Å². The molecule has 1 heteroatoms. The Bertz CT molecular complexity index is 230. The zero-order valence-electron chi connectivity index (χ0n) is 12.8. The van der Waals surface area contributed by atoms with Crippen LogP contribution < -0.4 is 5.32 Å². The molecule has 2 fully saturated rings. The number of hydrogen-bond donors (Lipinski definition) is 1. The van der Waals surface area contributed by atoms with Crippen molar-refractivity contribution in [2.24, 2.45) is 17.8 Å². The van der Waals surface area contributed by atoms with Crippen molar-refractivity contribution in [3.05, 3.63) is 0 Å². The van der Waals surface area contributed by atoms with E-state index >= 15 is 0 Å². The van der Waals surface area contributed by atoms with E-state index in [0.717, 1.165) is 29.8 Å². The van der Waals surface area contributed by atoms with Crippen molar-refractivity contribution < 1.29 is 0 Å². The third-order valence-corrected chi connectivity index (χ3v) is 5.51. The largest absolute Gasteiger partial charge is 0.311 e. The van der Waals surface area contributed by atoms with Gasteiger partial charge in [0, 0.05) is 12.1 Å². The predicted molar refractivity (Wildman–Crippen MR) is 79.8 cm³/mol.